The van der Waals surface area contributed by atoms with E-state index in [1.54, 1.807) is 14.0 Å². The quantitative estimate of drug-likeness (QED) is 0.497. The topological polar surface area (TPSA) is 59.0 Å². The Balaban J connectivity index is 1.27. The van der Waals surface area contributed by atoms with E-state index in [0.29, 0.717) is 18.4 Å². The van der Waals surface area contributed by atoms with Crippen molar-refractivity contribution in [1.29, 1.82) is 0 Å². The van der Waals surface area contributed by atoms with E-state index in [4.69, 9.17) is 14.6 Å². The average molecular weight is 472 g/mol. The molecule has 0 aromatic heterocycles. The molecule has 2 aliphatic rings. The first-order chi connectivity index (χ1) is 17.0. The van der Waals surface area contributed by atoms with Crippen molar-refractivity contribution < 1.29 is 19.4 Å². The highest BCUT2D eigenvalue weighted by Gasteiger charge is 2.28. The predicted molar refractivity (Wildman–Crippen MR) is 137 cm³/mol. The van der Waals surface area contributed by atoms with E-state index in [9.17, 15) is 4.79 Å². The van der Waals surface area contributed by atoms with Crippen LogP contribution in [0.4, 0.5) is 0 Å². The second kappa shape index (κ2) is 11.8. The molecule has 1 fully saturated rings. The molecule has 5 heteroatoms. The first kappa shape index (κ1) is 24.6. The van der Waals surface area contributed by atoms with Crippen LogP contribution in [0.1, 0.15) is 42.4 Å². The van der Waals surface area contributed by atoms with Crippen molar-refractivity contribution in [3.05, 3.63) is 89.2 Å². The average Bonchev–Trinajstić information content (AvgIpc) is 2.88. The molecule has 1 heterocycles. The van der Waals surface area contributed by atoms with Crippen molar-refractivity contribution in [1.82, 2.24) is 4.90 Å². The summed E-state index contributed by atoms with van der Waals surface area (Å²) < 4.78 is 11.3. The maximum atomic E-state index is 11.1. The summed E-state index contributed by atoms with van der Waals surface area (Å²) in [6, 6.07) is 16.2. The molecule has 3 unspecified atom stereocenters. The molecule has 2 aromatic carbocycles. The molecule has 5 nitrogen and oxygen atoms in total. The molecule has 0 saturated carbocycles. The molecular weight excluding hydrogens is 438 g/mol. The second-order valence-corrected chi connectivity index (χ2v) is 9.20. The molecule has 1 aliphatic carbocycles. The van der Waals surface area contributed by atoms with E-state index >= 15 is 0 Å². The predicted octanol–water partition coefficient (Wildman–Crippen LogP) is 5.39. The number of likely N-dealkylation sites (tertiary alicyclic amines) is 1. The lowest BCUT2D eigenvalue weighted by atomic mass is 9.82. The van der Waals surface area contributed by atoms with Gasteiger partial charge in [0.15, 0.2) is 0 Å². The lowest BCUT2D eigenvalue weighted by molar-refractivity contribution is -0.137. The summed E-state index contributed by atoms with van der Waals surface area (Å²) in [6.45, 7) is 5.34. The largest absolute Gasteiger partial charge is 0.497 e. The number of piperidine rings is 1. The molecule has 3 atom stereocenters. The molecule has 1 N–H and O–H groups in total. The number of nitrogens with zero attached hydrogens (tertiary/aromatic N) is 1. The Hall–Kier alpha value is -3.49. The molecule has 0 amide bonds. The number of aliphatic carboxylic acids is 1. The van der Waals surface area contributed by atoms with Crippen LogP contribution in [0, 0.1) is 23.7 Å². The minimum atomic E-state index is -0.852. The smallest absolute Gasteiger partial charge is 0.304 e. The molecule has 0 bridgehead atoms. The van der Waals surface area contributed by atoms with E-state index in [2.05, 4.69) is 59.2 Å². The van der Waals surface area contributed by atoms with Gasteiger partial charge in [-0.05, 0) is 72.7 Å². The molecule has 1 saturated heterocycles. The van der Waals surface area contributed by atoms with Crippen LogP contribution in [-0.4, -0.2) is 36.2 Å². The first-order valence-electron chi connectivity index (χ1n) is 12.1. The van der Waals surface area contributed by atoms with Gasteiger partial charge >= 0.3 is 5.97 Å². The van der Waals surface area contributed by atoms with Crippen LogP contribution in [0.3, 0.4) is 0 Å². The highest BCUT2D eigenvalue weighted by molar-refractivity contribution is 5.69. The van der Waals surface area contributed by atoms with Gasteiger partial charge in [0.2, 0.25) is 0 Å². The Morgan fingerprint density at radius 3 is 2.54 bits per heavy atom. The molecule has 0 radical (unpaired) electrons. The fourth-order valence-corrected chi connectivity index (χ4v) is 4.81. The van der Waals surface area contributed by atoms with Gasteiger partial charge in [-0.25, -0.2) is 0 Å². The monoisotopic (exact) mass is 471 g/mol. The Bertz CT molecular complexity index is 1120. The third-order valence-corrected chi connectivity index (χ3v) is 6.73. The molecule has 4 rings (SSSR count). The Kier molecular flexibility index (Phi) is 8.28. The number of carboxylic acid groups (broad SMARTS) is 1. The zero-order valence-corrected chi connectivity index (χ0v) is 20.4. The van der Waals surface area contributed by atoms with Crippen molar-refractivity contribution in [3.8, 4) is 17.6 Å². The van der Waals surface area contributed by atoms with Gasteiger partial charge in [-0.2, -0.15) is 0 Å². The van der Waals surface area contributed by atoms with Crippen molar-refractivity contribution in [2.75, 3.05) is 20.2 Å². The van der Waals surface area contributed by atoms with Crippen LogP contribution in [0.25, 0.3) is 0 Å². The van der Waals surface area contributed by atoms with Gasteiger partial charge in [0.05, 0.1) is 19.4 Å². The van der Waals surface area contributed by atoms with Crippen LogP contribution in [0.15, 0.2) is 72.5 Å². The second-order valence-electron chi connectivity index (χ2n) is 9.20. The van der Waals surface area contributed by atoms with Gasteiger partial charge in [0, 0.05) is 13.1 Å². The van der Waals surface area contributed by atoms with Gasteiger partial charge in [-0.15, -0.1) is 5.92 Å². The maximum absolute atomic E-state index is 11.1. The Morgan fingerprint density at radius 2 is 1.86 bits per heavy atom. The van der Waals surface area contributed by atoms with Crippen LogP contribution in [0.5, 0.6) is 5.75 Å². The van der Waals surface area contributed by atoms with Gasteiger partial charge < -0.3 is 14.6 Å². The molecule has 1 aliphatic heterocycles. The maximum Gasteiger partial charge on any atom is 0.304 e. The number of ether oxygens (including phenoxy) is 2. The zero-order chi connectivity index (χ0) is 24.6. The number of rotatable bonds is 9. The van der Waals surface area contributed by atoms with E-state index in [-0.39, 0.29) is 12.3 Å². The number of methoxy groups -OCH3 is 1. The van der Waals surface area contributed by atoms with Gasteiger partial charge in [-0.3, -0.25) is 9.69 Å². The summed E-state index contributed by atoms with van der Waals surface area (Å²) in [5.74, 6) is 7.53. The first-order valence-corrected chi connectivity index (χ1v) is 12.1. The van der Waals surface area contributed by atoms with E-state index < -0.39 is 5.97 Å². The fourth-order valence-electron chi connectivity index (χ4n) is 4.81. The number of fused-ring (bicyclic) bond motifs is 1. The minimum Gasteiger partial charge on any atom is -0.497 e. The summed E-state index contributed by atoms with van der Waals surface area (Å²) in [4.78, 5) is 13.6. The number of carboxylic acids is 1. The summed E-state index contributed by atoms with van der Waals surface area (Å²) >= 11 is 0. The lowest BCUT2D eigenvalue weighted by Crippen LogP contribution is -2.39. The highest BCUT2D eigenvalue weighted by Crippen LogP contribution is 2.31. The third kappa shape index (κ3) is 6.77. The number of allylic oxidation sites excluding steroid dienone is 2. The van der Waals surface area contributed by atoms with Crippen LogP contribution in [-0.2, 0) is 22.7 Å². The number of hydrogen-bond acceptors (Lipinski definition) is 4. The molecule has 35 heavy (non-hydrogen) atoms. The van der Waals surface area contributed by atoms with Crippen LogP contribution >= 0.6 is 0 Å². The summed E-state index contributed by atoms with van der Waals surface area (Å²) in [7, 11) is 1.74. The van der Waals surface area contributed by atoms with Gasteiger partial charge in [0.25, 0.3) is 0 Å². The number of benzene rings is 2. The van der Waals surface area contributed by atoms with E-state index in [1.165, 1.54) is 5.56 Å². The minimum absolute atomic E-state index is 0.00540. The van der Waals surface area contributed by atoms with E-state index in [1.807, 2.05) is 24.3 Å². The standard InChI is InChI=1S/C30H33NO4/c1-3-4-25(18-30(32)33)24-9-12-28(13-10-24)35-21-23-7-5-22(6-8-23)19-31-16-15-26-17-29(34-2)14-11-27(26)20-31/h5-14,17,25-27H,15-16,18-21H2,1-2H3,(H,32,33). The third-order valence-electron chi connectivity index (χ3n) is 6.73. The Morgan fingerprint density at radius 1 is 1.11 bits per heavy atom. The lowest BCUT2D eigenvalue weighted by Gasteiger charge is -2.37. The molecule has 182 valence electrons. The molecular formula is C30H33NO4. The van der Waals surface area contributed by atoms with Crippen molar-refractivity contribution in [2.24, 2.45) is 11.8 Å². The van der Waals surface area contributed by atoms with Crippen LogP contribution < -0.4 is 4.74 Å². The van der Waals surface area contributed by atoms with Gasteiger partial charge in [0.1, 0.15) is 18.1 Å². The summed E-state index contributed by atoms with van der Waals surface area (Å²) in [6.07, 6.45) is 7.83. The summed E-state index contributed by atoms with van der Waals surface area (Å²) in [5, 5.41) is 9.11. The number of hydrogen-bond donors (Lipinski definition) is 1. The fraction of sp³-hybridized carbons (Fsp3) is 0.367. The van der Waals surface area contributed by atoms with Crippen molar-refractivity contribution >= 4 is 5.97 Å². The normalized spacial score (nSPS) is 20.1. The Labute approximate surface area is 208 Å². The number of carbonyl (C=O) groups is 1. The summed E-state index contributed by atoms with van der Waals surface area (Å²) in [5.41, 5.74) is 3.32. The molecule has 2 aromatic rings. The highest BCUT2D eigenvalue weighted by atomic mass is 16.5. The zero-order valence-electron chi connectivity index (χ0n) is 20.4. The van der Waals surface area contributed by atoms with Crippen molar-refractivity contribution in [3.63, 3.8) is 0 Å². The van der Waals surface area contributed by atoms with E-state index in [0.717, 1.165) is 48.7 Å². The van der Waals surface area contributed by atoms with Crippen molar-refractivity contribution in [2.45, 2.75) is 38.8 Å². The van der Waals surface area contributed by atoms with Gasteiger partial charge in [-0.1, -0.05) is 48.4 Å². The van der Waals surface area contributed by atoms with Crippen LogP contribution in [0.2, 0.25) is 0 Å². The SMILES string of the molecule is CC#CC(CC(=O)O)c1ccc(OCc2ccc(CN3CCC4C=C(OC)C=CC4C3)cc2)cc1. The molecule has 0 spiro atoms.